The van der Waals surface area contributed by atoms with E-state index in [2.05, 4.69) is 40.2 Å². The fourth-order valence-corrected chi connectivity index (χ4v) is 7.52. The summed E-state index contributed by atoms with van der Waals surface area (Å²) in [7, 11) is 0. The first-order valence-corrected chi connectivity index (χ1v) is 18.7. The van der Waals surface area contributed by atoms with Crippen LogP contribution in [0.25, 0.3) is 28.1 Å². The van der Waals surface area contributed by atoms with Gasteiger partial charge in [-0.25, -0.2) is 4.98 Å². The number of fused-ring (bicyclic) bond motifs is 1. The summed E-state index contributed by atoms with van der Waals surface area (Å²) in [6.45, 7) is 1.94. The van der Waals surface area contributed by atoms with Gasteiger partial charge in [-0.2, -0.15) is 0 Å². The molecule has 6 aromatic carbocycles. The van der Waals surface area contributed by atoms with E-state index >= 15 is 0 Å². The summed E-state index contributed by atoms with van der Waals surface area (Å²) in [5.74, 6) is -1.10. The van der Waals surface area contributed by atoms with E-state index in [-0.39, 0.29) is 11.6 Å². The Morgan fingerprint density at radius 2 is 1.43 bits per heavy atom. The van der Waals surface area contributed by atoms with Crippen molar-refractivity contribution in [2.45, 2.75) is 17.1 Å². The largest absolute Gasteiger partial charge is 0.321 e. The Bertz CT molecular complexity index is 2440. The van der Waals surface area contributed by atoms with E-state index in [0.717, 1.165) is 43.6 Å². The van der Waals surface area contributed by atoms with Crippen molar-refractivity contribution in [1.29, 1.82) is 0 Å². The summed E-state index contributed by atoms with van der Waals surface area (Å²) >= 11 is 2.74. The van der Waals surface area contributed by atoms with Crippen LogP contribution >= 0.6 is 23.1 Å². The summed E-state index contributed by atoms with van der Waals surface area (Å²) in [5.41, 5.74) is 5.39. The van der Waals surface area contributed by atoms with Gasteiger partial charge in [-0.05, 0) is 76.9 Å². The number of aromatic nitrogens is 1. The maximum atomic E-state index is 13.9. The number of benzene rings is 6. The van der Waals surface area contributed by atoms with Crippen LogP contribution in [0.2, 0.25) is 0 Å². The fraction of sp³-hybridized carbons (Fsp3) is 0.0455. The molecule has 0 spiro atoms. The lowest BCUT2D eigenvalue weighted by Gasteiger charge is -2.17. The molecule has 3 amide bonds. The molecular weight excluding hydrogens is 697 g/mol. The van der Waals surface area contributed by atoms with Gasteiger partial charge in [0.2, 0.25) is 5.91 Å². The van der Waals surface area contributed by atoms with Crippen molar-refractivity contribution in [3.8, 4) is 11.3 Å². The molecule has 1 atom stereocenters. The maximum absolute atomic E-state index is 13.9. The number of carbonyl (C=O) groups excluding carboxylic acids is 3. The van der Waals surface area contributed by atoms with Crippen LogP contribution in [0.1, 0.15) is 32.3 Å². The van der Waals surface area contributed by atoms with Gasteiger partial charge in [-0.3, -0.25) is 14.4 Å². The highest BCUT2D eigenvalue weighted by atomic mass is 32.2. The highest BCUT2D eigenvalue weighted by Crippen LogP contribution is 2.38. The van der Waals surface area contributed by atoms with Crippen molar-refractivity contribution in [2.75, 3.05) is 10.6 Å². The molecule has 0 aliphatic heterocycles. The van der Waals surface area contributed by atoms with E-state index in [1.54, 1.807) is 36.4 Å². The van der Waals surface area contributed by atoms with Crippen molar-refractivity contribution >= 4 is 68.5 Å². The number of hydrogen-bond acceptors (Lipinski definition) is 6. The second-order valence-corrected chi connectivity index (χ2v) is 14.3. The molecule has 3 N–H and O–H groups in total. The first-order chi connectivity index (χ1) is 25.9. The predicted molar refractivity (Wildman–Crippen MR) is 217 cm³/mol. The highest BCUT2D eigenvalue weighted by Gasteiger charge is 2.24. The Balaban J connectivity index is 1.10. The quantitative estimate of drug-likeness (QED) is 0.0909. The number of anilines is 2. The summed E-state index contributed by atoms with van der Waals surface area (Å²) in [6, 6.07) is 47.6. The van der Waals surface area contributed by atoms with Crippen molar-refractivity contribution in [1.82, 2.24) is 10.3 Å². The average molecular weight is 731 g/mol. The summed E-state index contributed by atoms with van der Waals surface area (Å²) in [5, 5.41) is 12.9. The lowest BCUT2D eigenvalue weighted by Crippen LogP contribution is -2.30. The van der Waals surface area contributed by atoms with Crippen molar-refractivity contribution < 1.29 is 14.4 Å². The number of nitrogens with zero attached hydrogens (tertiary/aromatic N) is 1. The maximum Gasteiger partial charge on any atom is 0.272 e. The van der Waals surface area contributed by atoms with Crippen molar-refractivity contribution in [3.05, 3.63) is 185 Å². The Morgan fingerprint density at radius 1 is 0.717 bits per heavy atom. The van der Waals surface area contributed by atoms with Crippen LogP contribution in [0.3, 0.4) is 0 Å². The van der Waals surface area contributed by atoms with Gasteiger partial charge in [0.05, 0.1) is 5.69 Å². The van der Waals surface area contributed by atoms with Gasteiger partial charge in [-0.15, -0.1) is 23.1 Å². The number of thioether (sulfide) groups is 1. The van der Waals surface area contributed by atoms with Crippen LogP contribution in [-0.2, 0) is 9.59 Å². The van der Waals surface area contributed by atoms with Crippen LogP contribution in [0.15, 0.2) is 168 Å². The summed E-state index contributed by atoms with van der Waals surface area (Å²) < 4.78 is 0. The zero-order valence-electron chi connectivity index (χ0n) is 28.7. The van der Waals surface area contributed by atoms with E-state index < -0.39 is 17.1 Å². The molecule has 9 heteroatoms. The molecule has 0 fully saturated rings. The Labute approximate surface area is 315 Å². The van der Waals surface area contributed by atoms with Crippen LogP contribution in [0.5, 0.6) is 0 Å². The van der Waals surface area contributed by atoms with Crippen molar-refractivity contribution in [3.63, 3.8) is 0 Å². The monoisotopic (exact) mass is 730 g/mol. The van der Waals surface area contributed by atoms with Crippen LogP contribution in [0.4, 0.5) is 10.8 Å². The van der Waals surface area contributed by atoms with Crippen LogP contribution in [-0.4, -0.2) is 22.7 Å². The Morgan fingerprint density at radius 3 is 2.23 bits per heavy atom. The molecule has 7 rings (SSSR count). The molecule has 0 saturated heterocycles. The van der Waals surface area contributed by atoms with Gasteiger partial charge in [0.15, 0.2) is 5.13 Å². The molecule has 1 aromatic heterocycles. The molecule has 53 heavy (non-hydrogen) atoms. The SMILES string of the molecule is Cc1ccccc1/C=C(\NC(=O)c1ccccc1)C(=O)Nc1cccc(SC(C(=O)Nc2nc(-c3ccc4ccccc4c3)cs2)c2ccccc2)c1. The van der Waals surface area contributed by atoms with Gasteiger partial charge in [0.1, 0.15) is 10.9 Å². The lowest BCUT2D eigenvalue weighted by atomic mass is 10.1. The van der Waals surface area contributed by atoms with Crippen LogP contribution < -0.4 is 16.0 Å². The number of aryl methyl sites for hydroxylation is 1. The number of amides is 3. The van der Waals surface area contributed by atoms with Gasteiger partial charge in [0.25, 0.3) is 11.8 Å². The minimum Gasteiger partial charge on any atom is -0.321 e. The number of rotatable bonds is 11. The fourth-order valence-electron chi connectivity index (χ4n) is 5.71. The van der Waals surface area contributed by atoms with E-state index in [4.69, 9.17) is 4.98 Å². The van der Waals surface area contributed by atoms with Gasteiger partial charge in [0, 0.05) is 27.1 Å². The number of thiazole rings is 1. The molecule has 0 saturated carbocycles. The third kappa shape index (κ3) is 8.78. The number of hydrogen-bond donors (Lipinski definition) is 3. The lowest BCUT2D eigenvalue weighted by molar-refractivity contribution is -0.116. The topological polar surface area (TPSA) is 100 Å². The Hall–Kier alpha value is -6.29. The molecule has 0 radical (unpaired) electrons. The molecule has 1 heterocycles. The van der Waals surface area contributed by atoms with Gasteiger partial charge >= 0.3 is 0 Å². The standard InChI is InChI=1S/C44H34N4O3S2/c1-29-13-8-9-19-33(29)26-38(46-41(49)32-17-6-3-7-18-32)42(50)45-36-21-12-22-37(27-36)53-40(31-15-4-2-5-16-31)43(51)48-44-47-39(28-52-44)35-24-23-30-14-10-11-20-34(30)25-35/h2-28,40H,1H3,(H,45,50)(H,46,49)(H,47,48,51)/b38-26-. The first kappa shape index (κ1) is 35.1. The first-order valence-electron chi connectivity index (χ1n) is 16.9. The second kappa shape index (κ2) is 16.4. The smallest absolute Gasteiger partial charge is 0.272 e. The number of nitrogens with one attached hydrogen (secondary N) is 3. The number of carbonyl (C=O) groups is 3. The van der Waals surface area contributed by atoms with E-state index in [1.165, 1.54) is 23.1 Å². The molecule has 260 valence electrons. The third-order valence-corrected chi connectivity index (χ3v) is 10.5. The normalized spacial score (nSPS) is 11.8. The molecule has 0 aliphatic carbocycles. The minimum atomic E-state index is -0.614. The van der Waals surface area contributed by atoms with Gasteiger partial charge < -0.3 is 16.0 Å². The molecular formula is C44H34N4O3S2. The molecule has 0 aliphatic rings. The summed E-state index contributed by atoms with van der Waals surface area (Å²) in [4.78, 5) is 46.3. The molecule has 7 aromatic rings. The second-order valence-electron chi connectivity index (χ2n) is 12.2. The van der Waals surface area contributed by atoms with E-state index in [9.17, 15) is 14.4 Å². The molecule has 0 bridgehead atoms. The molecule has 1 unspecified atom stereocenters. The van der Waals surface area contributed by atoms with Gasteiger partial charge in [-0.1, -0.05) is 115 Å². The zero-order valence-corrected chi connectivity index (χ0v) is 30.3. The third-order valence-electron chi connectivity index (χ3n) is 8.48. The molecule has 7 nitrogen and oxygen atoms in total. The van der Waals surface area contributed by atoms with Crippen molar-refractivity contribution in [2.24, 2.45) is 0 Å². The van der Waals surface area contributed by atoms with E-state index in [0.29, 0.717) is 16.4 Å². The van der Waals surface area contributed by atoms with Crippen LogP contribution in [0, 0.1) is 6.92 Å². The minimum absolute atomic E-state index is 0.0965. The highest BCUT2D eigenvalue weighted by molar-refractivity contribution is 8.00. The summed E-state index contributed by atoms with van der Waals surface area (Å²) in [6.07, 6.45) is 1.67. The van der Waals surface area contributed by atoms with E-state index in [1.807, 2.05) is 109 Å². The zero-order chi connectivity index (χ0) is 36.6. The Kier molecular flexibility index (Phi) is 10.9. The average Bonchev–Trinajstić information content (AvgIpc) is 3.66. The predicted octanol–water partition coefficient (Wildman–Crippen LogP) is 10.2.